The highest BCUT2D eigenvalue weighted by atomic mass is 16.6. The number of hydrogen-bond donors (Lipinski definition) is 0. The Bertz CT molecular complexity index is 1020. The predicted octanol–water partition coefficient (Wildman–Crippen LogP) is 4.03. The smallest absolute Gasteiger partial charge is 0.335 e. The lowest BCUT2D eigenvalue weighted by atomic mass is 10.1. The summed E-state index contributed by atoms with van der Waals surface area (Å²) in [6.45, 7) is 7.89. The molecule has 1 atom stereocenters. The summed E-state index contributed by atoms with van der Waals surface area (Å²) >= 11 is 0. The van der Waals surface area contributed by atoms with Gasteiger partial charge in [-0.1, -0.05) is 17.3 Å². The van der Waals surface area contributed by atoms with Crippen LogP contribution in [0.25, 0.3) is 11.4 Å². The Morgan fingerprint density at radius 1 is 0.886 bits per heavy atom. The second-order valence-corrected chi connectivity index (χ2v) is 7.51. The van der Waals surface area contributed by atoms with Crippen LogP contribution in [0.3, 0.4) is 0 Å². The molecule has 0 spiro atoms. The van der Waals surface area contributed by atoms with E-state index in [0.717, 1.165) is 16.9 Å². The fraction of sp³-hybridized carbons (Fsp3) is 0.423. The van der Waals surface area contributed by atoms with Crippen LogP contribution in [0.5, 0.6) is 11.5 Å². The van der Waals surface area contributed by atoms with E-state index >= 15 is 0 Å². The van der Waals surface area contributed by atoms with Crippen LogP contribution in [-0.4, -0.2) is 61.9 Å². The zero-order chi connectivity index (χ0) is 24.9. The summed E-state index contributed by atoms with van der Waals surface area (Å²) in [5.74, 6) is 2.14. The largest absolute Gasteiger partial charge is 0.490 e. The number of hydrogen-bond acceptors (Lipinski definition) is 9. The average molecular weight is 485 g/mol. The molecule has 0 amide bonds. The van der Waals surface area contributed by atoms with Gasteiger partial charge in [0.25, 0.3) is 0 Å². The Balaban J connectivity index is 1.42. The van der Waals surface area contributed by atoms with Gasteiger partial charge >= 0.3 is 5.97 Å². The normalized spacial score (nSPS) is 11.7. The van der Waals surface area contributed by atoms with Crippen LogP contribution in [0.1, 0.15) is 25.3 Å². The Hall–Kier alpha value is -3.43. The van der Waals surface area contributed by atoms with E-state index in [0.29, 0.717) is 63.5 Å². The van der Waals surface area contributed by atoms with Crippen LogP contribution in [0, 0.1) is 6.92 Å². The number of rotatable bonds is 15. The average Bonchev–Trinajstić information content (AvgIpc) is 3.31. The van der Waals surface area contributed by atoms with E-state index in [4.69, 9.17) is 28.2 Å². The van der Waals surface area contributed by atoms with Gasteiger partial charge in [-0.3, -0.25) is 0 Å². The monoisotopic (exact) mass is 484 g/mol. The summed E-state index contributed by atoms with van der Waals surface area (Å²) in [4.78, 5) is 16.4. The van der Waals surface area contributed by atoms with Crippen molar-refractivity contribution in [1.29, 1.82) is 0 Å². The number of aryl methyl sites for hydroxylation is 1. The van der Waals surface area contributed by atoms with Crippen LogP contribution in [0.15, 0.2) is 53.1 Å². The summed E-state index contributed by atoms with van der Waals surface area (Å²) in [5, 5.41) is 3.90. The number of ether oxygens (including phenoxy) is 5. The molecule has 1 heterocycles. The Morgan fingerprint density at radius 3 is 2.11 bits per heavy atom. The summed E-state index contributed by atoms with van der Waals surface area (Å²) in [5.41, 5.74) is 1.80. The van der Waals surface area contributed by atoms with E-state index in [2.05, 4.69) is 10.1 Å². The van der Waals surface area contributed by atoms with Crippen molar-refractivity contribution in [1.82, 2.24) is 10.1 Å². The second kappa shape index (κ2) is 14.1. The lowest BCUT2D eigenvalue weighted by Crippen LogP contribution is -2.30. The van der Waals surface area contributed by atoms with Crippen molar-refractivity contribution in [3.63, 3.8) is 0 Å². The maximum absolute atomic E-state index is 12.2. The van der Waals surface area contributed by atoms with Gasteiger partial charge in [-0.15, -0.1) is 0 Å². The lowest BCUT2D eigenvalue weighted by Gasteiger charge is -2.17. The third kappa shape index (κ3) is 8.70. The van der Waals surface area contributed by atoms with E-state index in [1.54, 1.807) is 13.8 Å². The molecule has 3 rings (SSSR count). The van der Waals surface area contributed by atoms with Crippen molar-refractivity contribution in [2.45, 2.75) is 33.3 Å². The molecule has 0 saturated heterocycles. The SMILES string of the molecule is CCOCCO[C@@H](Cc1ccc(OCCOc2ccc(-c3noc(C)n3)cc2)cc1)C(=O)OCC. The molecule has 188 valence electrons. The van der Waals surface area contributed by atoms with Gasteiger partial charge in [0.2, 0.25) is 11.7 Å². The first-order valence-electron chi connectivity index (χ1n) is 11.7. The molecule has 0 bridgehead atoms. The fourth-order valence-electron chi connectivity index (χ4n) is 3.21. The summed E-state index contributed by atoms with van der Waals surface area (Å²) in [6, 6.07) is 15.0. The molecule has 0 N–H and O–H groups in total. The van der Waals surface area contributed by atoms with Gasteiger partial charge in [0, 0.05) is 25.5 Å². The van der Waals surface area contributed by atoms with E-state index < -0.39 is 6.10 Å². The molecule has 9 nitrogen and oxygen atoms in total. The highest BCUT2D eigenvalue weighted by Crippen LogP contribution is 2.20. The van der Waals surface area contributed by atoms with Crippen LogP contribution in [0.4, 0.5) is 0 Å². The molecule has 9 heteroatoms. The van der Waals surface area contributed by atoms with Crippen molar-refractivity contribution in [2.75, 3.05) is 39.6 Å². The fourth-order valence-corrected chi connectivity index (χ4v) is 3.21. The zero-order valence-corrected chi connectivity index (χ0v) is 20.4. The molecule has 0 fully saturated rings. The summed E-state index contributed by atoms with van der Waals surface area (Å²) in [7, 11) is 0. The maximum atomic E-state index is 12.2. The van der Waals surface area contributed by atoms with E-state index in [9.17, 15) is 4.79 Å². The Labute approximate surface area is 205 Å². The molecule has 0 aliphatic rings. The number of aromatic nitrogens is 2. The van der Waals surface area contributed by atoms with Crippen LogP contribution >= 0.6 is 0 Å². The zero-order valence-electron chi connectivity index (χ0n) is 20.4. The van der Waals surface area contributed by atoms with Crippen molar-refractivity contribution in [3.05, 3.63) is 60.0 Å². The maximum Gasteiger partial charge on any atom is 0.335 e. The molecule has 0 aliphatic heterocycles. The van der Waals surface area contributed by atoms with Crippen LogP contribution < -0.4 is 9.47 Å². The first-order valence-corrected chi connectivity index (χ1v) is 11.7. The van der Waals surface area contributed by atoms with Crippen LogP contribution in [-0.2, 0) is 25.4 Å². The number of nitrogens with zero attached hydrogens (tertiary/aromatic N) is 2. The molecule has 0 unspecified atom stereocenters. The molecule has 0 saturated carbocycles. The van der Waals surface area contributed by atoms with Crippen molar-refractivity contribution in [2.24, 2.45) is 0 Å². The van der Waals surface area contributed by atoms with Gasteiger partial charge in [-0.25, -0.2) is 4.79 Å². The minimum atomic E-state index is -0.675. The highest BCUT2D eigenvalue weighted by Gasteiger charge is 2.21. The number of carbonyl (C=O) groups excluding carboxylic acids is 1. The van der Waals surface area contributed by atoms with Gasteiger partial charge in [0.15, 0.2) is 6.10 Å². The molecule has 2 aromatic carbocycles. The highest BCUT2D eigenvalue weighted by molar-refractivity contribution is 5.75. The van der Waals surface area contributed by atoms with E-state index in [1.165, 1.54) is 0 Å². The Morgan fingerprint density at radius 2 is 1.54 bits per heavy atom. The quantitative estimate of drug-likeness (QED) is 0.234. The summed E-state index contributed by atoms with van der Waals surface area (Å²) in [6.07, 6.45) is -0.264. The molecule has 0 radical (unpaired) electrons. The van der Waals surface area contributed by atoms with Gasteiger partial charge in [0.05, 0.1) is 19.8 Å². The molecule has 35 heavy (non-hydrogen) atoms. The van der Waals surface area contributed by atoms with Crippen molar-refractivity contribution >= 4 is 5.97 Å². The summed E-state index contributed by atoms with van der Waals surface area (Å²) < 4.78 is 32.6. The van der Waals surface area contributed by atoms with Crippen molar-refractivity contribution in [3.8, 4) is 22.9 Å². The Kier molecular flexibility index (Phi) is 10.5. The number of carbonyl (C=O) groups is 1. The first kappa shape index (κ1) is 26.2. The molecule has 3 aromatic rings. The molecule has 1 aromatic heterocycles. The predicted molar refractivity (Wildman–Crippen MR) is 128 cm³/mol. The third-order valence-corrected chi connectivity index (χ3v) is 4.91. The topological polar surface area (TPSA) is 102 Å². The van der Waals surface area contributed by atoms with E-state index in [-0.39, 0.29) is 5.97 Å². The van der Waals surface area contributed by atoms with Crippen LogP contribution in [0.2, 0.25) is 0 Å². The van der Waals surface area contributed by atoms with Crippen molar-refractivity contribution < 1.29 is 33.0 Å². The molecular formula is C26H32N2O7. The lowest BCUT2D eigenvalue weighted by molar-refractivity contribution is -0.157. The second-order valence-electron chi connectivity index (χ2n) is 7.51. The van der Waals surface area contributed by atoms with E-state index in [1.807, 2.05) is 55.5 Å². The first-order chi connectivity index (χ1) is 17.1. The van der Waals surface area contributed by atoms with Gasteiger partial charge in [-0.05, 0) is 55.8 Å². The van der Waals surface area contributed by atoms with Gasteiger partial charge in [-0.2, -0.15) is 4.98 Å². The third-order valence-electron chi connectivity index (χ3n) is 4.91. The minimum Gasteiger partial charge on any atom is -0.490 e. The van der Waals surface area contributed by atoms with Gasteiger partial charge < -0.3 is 28.2 Å². The van der Waals surface area contributed by atoms with Gasteiger partial charge in [0.1, 0.15) is 24.7 Å². The number of benzene rings is 2. The molecule has 0 aliphatic carbocycles. The number of esters is 1. The molecular weight excluding hydrogens is 452 g/mol. The minimum absolute atomic E-state index is 0.307. The standard InChI is InChI=1S/C26H32N2O7/c1-4-30-14-15-34-24(26(29)31-5-2)18-20-6-10-22(11-7-20)32-16-17-33-23-12-8-21(9-13-23)25-27-19(3)35-28-25/h6-13,24H,4-5,14-18H2,1-3H3/t24-/m0/s1.